The Balaban J connectivity index is 1.96. The lowest BCUT2D eigenvalue weighted by atomic mass is 10.1. The summed E-state index contributed by atoms with van der Waals surface area (Å²) in [5.74, 6) is 0.618. The van der Waals surface area contributed by atoms with Crippen molar-refractivity contribution < 1.29 is 9.53 Å². The fourth-order valence-corrected chi connectivity index (χ4v) is 1.67. The molecule has 1 unspecified atom stereocenters. The molecule has 0 spiro atoms. The maximum atomic E-state index is 10.4. The van der Waals surface area contributed by atoms with Gasteiger partial charge >= 0.3 is 0 Å². The molecule has 1 aliphatic heterocycles. The molecule has 1 aromatic heterocycles. The standard InChI is InChI=1S/C10H13NO2/c12-7-9-1-3-11(5-9)6-10-2-4-13-8-10/h1,3,5,7,10H,2,4,6,8H2. The molecule has 1 aromatic rings. The minimum Gasteiger partial charge on any atom is -0.381 e. The highest BCUT2D eigenvalue weighted by Crippen LogP contribution is 2.15. The number of hydrogen-bond donors (Lipinski definition) is 0. The molecule has 3 heteroatoms. The van der Waals surface area contributed by atoms with Crippen LogP contribution in [-0.4, -0.2) is 24.1 Å². The van der Waals surface area contributed by atoms with Crippen molar-refractivity contribution >= 4 is 6.29 Å². The number of carbonyl (C=O) groups excluding carboxylic acids is 1. The molecule has 0 N–H and O–H groups in total. The van der Waals surface area contributed by atoms with E-state index in [2.05, 4.69) is 4.57 Å². The van der Waals surface area contributed by atoms with E-state index in [1.54, 1.807) is 0 Å². The summed E-state index contributed by atoms with van der Waals surface area (Å²) >= 11 is 0. The molecule has 3 nitrogen and oxygen atoms in total. The van der Waals surface area contributed by atoms with Crippen molar-refractivity contribution in [1.29, 1.82) is 0 Å². The number of rotatable bonds is 3. The van der Waals surface area contributed by atoms with Crippen molar-refractivity contribution in [2.75, 3.05) is 13.2 Å². The minimum atomic E-state index is 0.618. The van der Waals surface area contributed by atoms with Gasteiger partial charge in [-0.2, -0.15) is 0 Å². The molecule has 2 heterocycles. The van der Waals surface area contributed by atoms with Gasteiger partial charge in [0.2, 0.25) is 0 Å². The number of nitrogens with zero attached hydrogens (tertiary/aromatic N) is 1. The molecular weight excluding hydrogens is 166 g/mol. The lowest BCUT2D eigenvalue weighted by Crippen LogP contribution is -2.08. The third-order valence-corrected chi connectivity index (χ3v) is 2.40. The summed E-state index contributed by atoms with van der Waals surface area (Å²) in [4.78, 5) is 10.4. The number of hydrogen-bond acceptors (Lipinski definition) is 2. The maximum Gasteiger partial charge on any atom is 0.151 e. The summed E-state index contributed by atoms with van der Waals surface area (Å²) in [5, 5.41) is 0. The van der Waals surface area contributed by atoms with Gasteiger partial charge in [-0.05, 0) is 12.5 Å². The van der Waals surface area contributed by atoms with Gasteiger partial charge in [-0.15, -0.1) is 0 Å². The highest BCUT2D eigenvalue weighted by molar-refractivity contribution is 5.74. The van der Waals surface area contributed by atoms with E-state index in [0.29, 0.717) is 5.92 Å². The van der Waals surface area contributed by atoms with Crippen molar-refractivity contribution in [3.05, 3.63) is 24.0 Å². The van der Waals surface area contributed by atoms with Crippen LogP contribution in [-0.2, 0) is 11.3 Å². The van der Waals surface area contributed by atoms with E-state index in [-0.39, 0.29) is 0 Å². The topological polar surface area (TPSA) is 31.2 Å². The Morgan fingerprint density at radius 3 is 3.23 bits per heavy atom. The average molecular weight is 179 g/mol. The molecule has 0 bridgehead atoms. The van der Waals surface area contributed by atoms with Crippen LogP contribution in [0.4, 0.5) is 0 Å². The van der Waals surface area contributed by atoms with Crippen molar-refractivity contribution in [2.45, 2.75) is 13.0 Å². The van der Waals surface area contributed by atoms with Crippen LogP contribution < -0.4 is 0 Å². The zero-order valence-corrected chi connectivity index (χ0v) is 7.48. The largest absolute Gasteiger partial charge is 0.381 e. The first-order valence-electron chi connectivity index (χ1n) is 4.57. The third kappa shape index (κ3) is 1.98. The zero-order chi connectivity index (χ0) is 9.10. The Morgan fingerprint density at radius 2 is 2.62 bits per heavy atom. The SMILES string of the molecule is O=Cc1ccn(CC2CCOC2)c1. The van der Waals surface area contributed by atoms with E-state index in [9.17, 15) is 4.79 Å². The van der Waals surface area contributed by atoms with Gasteiger partial charge in [0.05, 0.1) is 6.61 Å². The van der Waals surface area contributed by atoms with Crippen LogP contribution in [0.5, 0.6) is 0 Å². The highest BCUT2D eigenvalue weighted by Gasteiger charge is 2.15. The van der Waals surface area contributed by atoms with Crippen LogP contribution in [0.3, 0.4) is 0 Å². The van der Waals surface area contributed by atoms with Crippen LogP contribution in [0.1, 0.15) is 16.8 Å². The van der Waals surface area contributed by atoms with Gasteiger partial charge in [0.25, 0.3) is 0 Å². The molecule has 1 fully saturated rings. The maximum absolute atomic E-state index is 10.4. The van der Waals surface area contributed by atoms with Crippen LogP contribution in [0.15, 0.2) is 18.5 Å². The number of carbonyl (C=O) groups is 1. The monoisotopic (exact) mass is 179 g/mol. The zero-order valence-electron chi connectivity index (χ0n) is 7.48. The summed E-state index contributed by atoms with van der Waals surface area (Å²) in [5.41, 5.74) is 0.749. The van der Waals surface area contributed by atoms with Crippen LogP contribution in [0.25, 0.3) is 0 Å². The second-order valence-corrected chi connectivity index (χ2v) is 3.49. The summed E-state index contributed by atoms with van der Waals surface area (Å²) in [6.07, 6.45) is 5.84. The van der Waals surface area contributed by atoms with E-state index < -0.39 is 0 Å². The minimum absolute atomic E-state index is 0.618. The lowest BCUT2D eigenvalue weighted by molar-refractivity contribution is 0.112. The summed E-state index contributed by atoms with van der Waals surface area (Å²) in [6, 6.07) is 1.84. The summed E-state index contributed by atoms with van der Waals surface area (Å²) in [7, 11) is 0. The molecule has 2 rings (SSSR count). The Kier molecular flexibility index (Phi) is 2.45. The van der Waals surface area contributed by atoms with Gasteiger partial charge in [-0.3, -0.25) is 4.79 Å². The molecule has 1 atom stereocenters. The predicted octanol–water partition coefficient (Wildman–Crippen LogP) is 1.34. The quantitative estimate of drug-likeness (QED) is 0.655. The average Bonchev–Trinajstić information content (AvgIpc) is 2.76. The number of ether oxygens (including phenoxy) is 1. The number of aromatic nitrogens is 1. The number of aldehydes is 1. The normalized spacial score (nSPS) is 22.0. The molecule has 0 radical (unpaired) electrons. The second-order valence-electron chi connectivity index (χ2n) is 3.49. The smallest absolute Gasteiger partial charge is 0.151 e. The summed E-state index contributed by atoms with van der Waals surface area (Å²) < 4.78 is 7.34. The van der Waals surface area contributed by atoms with Gasteiger partial charge in [-0.25, -0.2) is 0 Å². The first kappa shape index (κ1) is 8.51. The molecule has 13 heavy (non-hydrogen) atoms. The fourth-order valence-electron chi connectivity index (χ4n) is 1.67. The van der Waals surface area contributed by atoms with Crippen molar-refractivity contribution in [3.63, 3.8) is 0 Å². The second kappa shape index (κ2) is 3.75. The Labute approximate surface area is 77.3 Å². The predicted molar refractivity (Wildman–Crippen MR) is 48.7 cm³/mol. The van der Waals surface area contributed by atoms with Crippen molar-refractivity contribution in [1.82, 2.24) is 4.57 Å². The van der Waals surface area contributed by atoms with Gasteiger partial charge in [0, 0.05) is 37.0 Å². The van der Waals surface area contributed by atoms with Crippen LogP contribution in [0, 0.1) is 5.92 Å². The van der Waals surface area contributed by atoms with Crippen molar-refractivity contribution in [2.24, 2.45) is 5.92 Å². The summed E-state index contributed by atoms with van der Waals surface area (Å²) in [6.45, 7) is 2.70. The molecule has 1 aliphatic rings. The Hall–Kier alpha value is -1.09. The van der Waals surface area contributed by atoms with Gasteiger partial charge in [0.1, 0.15) is 0 Å². The third-order valence-electron chi connectivity index (χ3n) is 2.40. The van der Waals surface area contributed by atoms with Crippen LogP contribution in [0.2, 0.25) is 0 Å². The van der Waals surface area contributed by atoms with Crippen LogP contribution >= 0.6 is 0 Å². The van der Waals surface area contributed by atoms with E-state index in [0.717, 1.165) is 38.0 Å². The van der Waals surface area contributed by atoms with E-state index in [4.69, 9.17) is 4.74 Å². The van der Waals surface area contributed by atoms with E-state index in [1.807, 2.05) is 18.5 Å². The van der Waals surface area contributed by atoms with Gasteiger partial charge in [0.15, 0.2) is 6.29 Å². The fraction of sp³-hybridized carbons (Fsp3) is 0.500. The molecule has 70 valence electrons. The first-order chi connectivity index (χ1) is 6.38. The molecule has 1 saturated heterocycles. The molecule has 0 aliphatic carbocycles. The molecule has 0 aromatic carbocycles. The van der Waals surface area contributed by atoms with Gasteiger partial charge < -0.3 is 9.30 Å². The van der Waals surface area contributed by atoms with Gasteiger partial charge in [-0.1, -0.05) is 0 Å². The Morgan fingerprint density at radius 1 is 1.69 bits per heavy atom. The molecule has 0 saturated carbocycles. The molecular formula is C10H13NO2. The molecule has 0 amide bonds. The highest BCUT2D eigenvalue weighted by atomic mass is 16.5. The van der Waals surface area contributed by atoms with E-state index >= 15 is 0 Å². The van der Waals surface area contributed by atoms with Crippen molar-refractivity contribution in [3.8, 4) is 0 Å². The lowest BCUT2D eigenvalue weighted by Gasteiger charge is -2.07. The van der Waals surface area contributed by atoms with E-state index in [1.165, 1.54) is 0 Å². The Bertz CT molecular complexity index is 287. The first-order valence-corrected chi connectivity index (χ1v) is 4.57.